The van der Waals surface area contributed by atoms with Gasteiger partial charge in [-0.25, -0.2) is 0 Å². The van der Waals surface area contributed by atoms with Crippen molar-refractivity contribution >= 4 is 17.9 Å². The van der Waals surface area contributed by atoms with Crippen LogP contribution in [-0.4, -0.2) is 44.6 Å². The minimum atomic E-state index is -0.359. The molecule has 0 aliphatic carbocycles. The average molecular weight is 345 g/mol. The van der Waals surface area contributed by atoms with Gasteiger partial charge in [0.2, 0.25) is 5.75 Å². The van der Waals surface area contributed by atoms with Crippen LogP contribution in [0.1, 0.15) is 24.8 Å². The molecule has 1 aliphatic rings. The topological polar surface area (TPSA) is 65.1 Å². The molecule has 6 heteroatoms. The van der Waals surface area contributed by atoms with Gasteiger partial charge in [-0.15, -0.1) is 0 Å². The van der Waals surface area contributed by atoms with Crippen LogP contribution in [0.15, 0.2) is 30.4 Å². The Balaban J connectivity index is 2.24. The summed E-state index contributed by atoms with van der Waals surface area (Å²) in [6.07, 6.45) is 5.28. The largest absolute Gasteiger partial charge is 0.493 e. The van der Waals surface area contributed by atoms with Crippen LogP contribution in [0.3, 0.4) is 0 Å². The van der Waals surface area contributed by atoms with Crippen molar-refractivity contribution in [2.45, 2.75) is 19.3 Å². The number of likely N-dealkylation sites (tertiary alicyclic amines) is 1. The van der Waals surface area contributed by atoms with Gasteiger partial charge in [-0.2, -0.15) is 0 Å². The fourth-order valence-corrected chi connectivity index (χ4v) is 2.67. The van der Waals surface area contributed by atoms with Crippen LogP contribution in [0.4, 0.5) is 0 Å². The lowest BCUT2D eigenvalue weighted by molar-refractivity contribution is -0.139. The fraction of sp³-hybridized carbons (Fsp3) is 0.368. The highest BCUT2D eigenvalue weighted by atomic mass is 16.5. The van der Waals surface area contributed by atoms with E-state index in [9.17, 15) is 9.59 Å². The van der Waals surface area contributed by atoms with E-state index < -0.39 is 0 Å². The van der Waals surface area contributed by atoms with Crippen LogP contribution in [0.25, 0.3) is 6.08 Å². The van der Waals surface area contributed by atoms with Crippen molar-refractivity contribution < 1.29 is 23.8 Å². The summed E-state index contributed by atoms with van der Waals surface area (Å²) in [5.41, 5.74) is 1.18. The maximum atomic E-state index is 12.4. The minimum absolute atomic E-state index is 0.294. The lowest BCUT2D eigenvalue weighted by Gasteiger charge is -2.17. The quantitative estimate of drug-likeness (QED) is 0.768. The van der Waals surface area contributed by atoms with Crippen molar-refractivity contribution in [3.8, 4) is 17.2 Å². The Hall–Kier alpha value is -2.76. The lowest BCUT2D eigenvalue weighted by Crippen LogP contribution is -2.35. The zero-order valence-corrected chi connectivity index (χ0v) is 14.8. The van der Waals surface area contributed by atoms with Gasteiger partial charge in [-0.3, -0.25) is 14.5 Å². The van der Waals surface area contributed by atoms with Gasteiger partial charge in [-0.1, -0.05) is 6.58 Å². The highest BCUT2D eigenvalue weighted by Gasteiger charge is 2.24. The van der Waals surface area contributed by atoms with Crippen LogP contribution >= 0.6 is 0 Å². The predicted molar refractivity (Wildman–Crippen MR) is 94.8 cm³/mol. The summed E-state index contributed by atoms with van der Waals surface area (Å²) in [4.78, 5) is 25.8. The molecule has 1 aliphatic heterocycles. The second kappa shape index (κ2) is 8.37. The number of hydrogen-bond donors (Lipinski definition) is 0. The SMILES string of the molecule is C=C1CCCCN(C(=O)C=Cc2cc(OC)c(OC)c(OC)c2)C1=O. The Morgan fingerprint density at radius 3 is 2.32 bits per heavy atom. The Labute approximate surface area is 147 Å². The van der Waals surface area contributed by atoms with Gasteiger partial charge in [0.1, 0.15) is 0 Å². The molecule has 0 bridgehead atoms. The lowest BCUT2D eigenvalue weighted by atomic mass is 10.1. The number of nitrogens with zero attached hydrogens (tertiary/aromatic N) is 1. The summed E-state index contributed by atoms with van der Waals surface area (Å²) in [5, 5.41) is 0. The molecule has 1 aromatic carbocycles. The van der Waals surface area contributed by atoms with E-state index in [4.69, 9.17) is 14.2 Å². The summed E-state index contributed by atoms with van der Waals surface area (Å²) in [5.74, 6) is 0.813. The van der Waals surface area contributed by atoms with E-state index in [2.05, 4.69) is 6.58 Å². The summed E-state index contributed by atoms with van der Waals surface area (Å²) in [6, 6.07) is 3.46. The molecule has 6 nitrogen and oxygen atoms in total. The Bertz CT molecular complexity index is 683. The van der Waals surface area contributed by atoms with Crippen molar-refractivity contribution in [1.82, 2.24) is 4.90 Å². The number of benzene rings is 1. The van der Waals surface area contributed by atoms with Crippen molar-refractivity contribution in [2.75, 3.05) is 27.9 Å². The van der Waals surface area contributed by atoms with Crippen molar-refractivity contribution in [2.24, 2.45) is 0 Å². The van der Waals surface area contributed by atoms with Crippen molar-refractivity contribution in [3.63, 3.8) is 0 Å². The monoisotopic (exact) mass is 345 g/mol. The van der Waals surface area contributed by atoms with E-state index >= 15 is 0 Å². The van der Waals surface area contributed by atoms with Crippen LogP contribution in [0.5, 0.6) is 17.2 Å². The number of rotatable bonds is 5. The number of carbonyl (C=O) groups is 2. The molecule has 0 spiro atoms. The second-order valence-electron chi connectivity index (χ2n) is 5.65. The molecule has 1 fully saturated rings. The molecule has 0 N–H and O–H groups in total. The summed E-state index contributed by atoms with van der Waals surface area (Å²) >= 11 is 0. The van der Waals surface area contributed by atoms with Gasteiger partial charge in [-0.05, 0) is 43.0 Å². The number of ether oxygens (including phenoxy) is 3. The number of amides is 2. The third-order valence-electron chi connectivity index (χ3n) is 4.03. The summed E-state index contributed by atoms with van der Waals surface area (Å²) < 4.78 is 15.9. The molecule has 0 atom stereocenters. The van der Waals surface area contributed by atoms with Crippen molar-refractivity contribution in [3.05, 3.63) is 35.9 Å². The first-order valence-electron chi connectivity index (χ1n) is 8.03. The van der Waals surface area contributed by atoms with Crippen LogP contribution in [-0.2, 0) is 9.59 Å². The molecule has 1 saturated heterocycles. The third kappa shape index (κ3) is 4.21. The van der Waals surface area contributed by atoms with Gasteiger partial charge in [0, 0.05) is 18.2 Å². The van der Waals surface area contributed by atoms with E-state index in [0.717, 1.165) is 12.8 Å². The minimum Gasteiger partial charge on any atom is -0.493 e. The molecular weight excluding hydrogens is 322 g/mol. The van der Waals surface area contributed by atoms with Gasteiger partial charge >= 0.3 is 0 Å². The fourth-order valence-electron chi connectivity index (χ4n) is 2.67. The van der Waals surface area contributed by atoms with E-state index in [-0.39, 0.29) is 11.8 Å². The molecule has 1 heterocycles. The Morgan fingerprint density at radius 1 is 1.12 bits per heavy atom. The molecule has 0 unspecified atom stereocenters. The van der Waals surface area contributed by atoms with Crippen molar-refractivity contribution in [1.29, 1.82) is 0 Å². The zero-order chi connectivity index (χ0) is 18.4. The van der Waals surface area contributed by atoms with Gasteiger partial charge in [0.05, 0.1) is 21.3 Å². The zero-order valence-electron chi connectivity index (χ0n) is 14.8. The number of carbonyl (C=O) groups excluding carboxylic acids is 2. The van der Waals surface area contributed by atoms with E-state index in [1.165, 1.54) is 32.3 Å². The third-order valence-corrected chi connectivity index (χ3v) is 4.03. The first-order chi connectivity index (χ1) is 12.0. The molecule has 0 saturated carbocycles. The van der Waals surface area contributed by atoms with E-state index in [1.807, 2.05) is 0 Å². The van der Waals surface area contributed by atoms with Crippen LogP contribution < -0.4 is 14.2 Å². The smallest absolute Gasteiger partial charge is 0.256 e. The Kier molecular flexibility index (Phi) is 6.22. The van der Waals surface area contributed by atoms with Crippen LogP contribution in [0.2, 0.25) is 0 Å². The Morgan fingerprint density at radius 2 is 1.76 bits per heavy atom. The van der Waals surface area contributed by atoms with E-state index in [1.54, 1.807) is 18.2 Å². The van der Waals surface area contributed by atoms with E-state index in [0.29, 0.717) is 41.4 Å². The number of methoxy groups -OCH3 is 3. The van der Waals surface area contributed by atoms with Gasteiger partial charge in [0.15, 0.2) is 11.5 Å². The predicted octanol–water partition coefficient (Wildman–Crippen LogP) is 2.82. The molecule has 0 radical (unpaired) electrons. The molecule has 2 amide bonds. The maximum Gasteiger partial charge on any atom is 0.256 e. The average Bonchev–Trinajstić information content (AvgIpc) is 2.80. The molecule has 2 rings (SSSR count). The number of imide groups is 1. The molecular formula is C19H23NO5. The highest BCUT2D eigenvalue weighted by Crippen LogP contribution is 2.38. The van der Waals surface area contributed by atoms with Gasteiger partial charge < -0.3 is 14.2 Å². The molecule has 0 aromatic heterocycles. The molecule has 25 heavy (non-hydrogen) atoms. The summed E-state index contributed by atoms with van der Waals surface area (Å²) in [6.45, 7) is 4.17. The molecule has 134 valence electrons. The van der Waals surface area contributed by atoms with Crippen LogP contribution in [0, 0.1) is 0 Å². The first kappa shape index (κ1) is 18.6. The normalized spacial score (nSPS) is 15.2. The summed E-state index contributed by atoms with van der Waals surface area (Å²) in [7, 11) is 4.58. The maximum absolute atomic E-state index is 12.4. The second-order valence-corrected chi connectivity index (χ2v) is 5.65. The standard InChI is InChI=1S/C19H23NO5/c1-13-7-5-6-10-20(19(13)22)17(21)9-8-14-11-15(23-2)18(25-4)16(12-14)24-3/h8-9,11-12H,1,5-7,10H2,2-4H3. The molecule has 1 aromatic rings. The first-order valence-corrected chi connectivity index (χ1v) is 8.03. The highest BCUT2D eigenvalue weighted by molar-refractivity contribution is 6.08. The van der Waals surface area contributed by atoms with Gasteiger partial charge in [0.25, 0.3) is 11.8 Å². The number of hydrogen-bond acceptors (Lipinski definition) is 5.